The molecule has 13 heavy (non-hydrogen) atoms. The Balaban J connectivity index is 2.88. The smallest absolute Gasteiger partial charge is 0.184 e. The quantitative estimate of drug-likeness (QED) is 0.721. The molecule has 1 aromatic heterocycles. The molecular formula is C10H11NO2. The van der Waals surface area contributed by atoms with Crippen LogP contribution in [0.3, 0.4) is 0 Å². The van der Waals surface area contributed by atoms with Gasteiger partial charge in [0.25, 0.3) is 0 Å². The SMILES string of the molecule is COc1c(O)ccc2ccn(C)c12. The van der Waals surface area contributed by atoms with Crippen molar-refractivity contribution in [1.29, 1.82) is 0 Å². The molecule has 0 saturated carbocycles. The van der Waals surface area contributed by atoms with Crippen LogP contribution in [0.25, 0.3) is 10.9 Å². The summed E-state index contributed by atoms with van der Waals surface area (Å²) in [6.45, 7) is 0. The Kier molecular flexibility index (Phi) is 1.65. The number of nitrogens with zero attached hydrogens (tertiary/aromatic N) is 1. The number of ether oxygens (including phenoxy) is 1. The minimum absolute atomic E-state index is 0.178. The van der Waals surface area contributed by atoms with Gasteiger partial charge in [-0.05, 0) is 18.2 Å². The fraction of sp³-hybridized carbons (Fsp3) is 0.200. The molecule has 0 bridgehead atoms. The Morgan fingerprint density at radius 3 is 2.77 bits per heavy atom. The van der Waals surface area contributed by atoms with Gasteiger partial charge in [-0.2, -0.15) is 0 Å². The van der Waals surface area contributed by atoms with E-state index in [1.807, 2.05) is 29.9 Å². The number of methoxy groups -OCH3 is 1. The highest BCUT2D eigenvalue weighted by Gasteiger charge is 2.09. The molecule has 2 aromatic rings. The number of aromatic hydroxyl groups is 1. The van der Waals surface area contributed by atoms with E-state index in [9.17, 15) is 5.11 Å². The summed E-state index contributed by atoms with van der Waals surface area (Å²) in [5.74, 6) is 0.710. The van der Waals surface area contributed by atoms with Crippen LogP contribution in [-0.2, 0) is 7.05 Å². The summed E-state index contributed by atoms with van der Waals surface area (Å²) in [5, 5.41) is 10.6. The maximum Gasteiger partial charge on any atom is 0.184 e. The van der Waals surface area contributed by atoms with Crippen LogP contribution in [0.2, 0.25) is 0 Å². The Morgan fingerprint density at radius 1 is 1.31 bits per heavy atom. The number of hydrogen-bond donors (Lipinski definition) is 1. The second kappa shape index (κ2) is 2.69. The fourth-order valence-corrected chi connectivity index (χ4v) is 1.54. The normalized spacial score (nSPS) is 10.6. The van der Waals surface area contributed by atoms with Crippen molar-refractivity contribution in [2.24, 2.45) is 7.05 Å². The Bertz CT molecular complexity index is 445. The lowest BCUT2D eigenvalue weighted by atomic mass is 10.2. The Morgan fingerprint density at radius 2 is 2.08 bits per heavy atom. The van der Waals surface area contributed by atoms with E-state index in [-0.39, 0.29) is 5.75 Å². The second-order valence-electron chi connectivity index (χ2n) is 2.98. The number of aromatic nitrogens is 1. The third-order valence-corrected chi connectivity index (χ3v) is 2.18. The number of rotatable bonds is 1. The molecule has 1 heterocycles. The van der Waals surface area contributed by atoms with Crippen molar-refractivity contribution in [3.63, 3.8) is 0 Å². The van der Waals surface area contributed by atoms with Crippen molar-refractivity contribution in [3.05, 3.63) is 24.4 Å². The third kappa shape index (κ3) is 1.04. The van der Waals surface area contributed by atoms with Crippen molar-refractivity contribution < 1.29 is 9.84 Å². The molecule has 0 aliphatic heterocycles. The number of fused-ring (bicyclic) bond motifs is 1. The zero-order chi connectivity index (χ0) is 9.42. The molecule has 1 aromatic carbocycles. The standard InChI is InChI=1S/C10H11NO2/c1-11-6-5-7-3-4-8(12)10(13-2)9(7)11/h3-6,12H,1-2H3. The molecule has 0 aliphatic rings. The summed E-state index contributed by atoms with van der Waals surface area (Å²) in [5.41, 5.74) is 0.919. The van der Waals surface area contributed by atoms with Gasteiger partial charge in [-0.3, -0.25) is 0 Å². The highest BCUT2D eigenvalue weighted by molar-refractivity contribution is 5.88. The van der Waals surface area contributed by atoms with Crippen LogP contribution >= 0.6 is 0 Å². The predicted molar refractivity (Wildman–Crippen MR) is 51.1 cm³/mol. The predicted octanol–water partition coefficient (Wildman–Crippen LogP) is 1.89. The summed E-state index contributed by atoms with van der Waals surface area (Å²) >= 11 is 0. The van der Waals surface area contributed by atoms with Crippen LogP contribution in [-0.4, -0.2) is 16.8 Å². The zero-order valence-corrected chi connectivity index (χ0v) is 7.61. The van der Waals surface area contributed by atoms with Gasteiger partial charge in [-0.25, -0.2) is 0 Å². The lowest BCUT2D eigenvalue weighted by Gasteiger charge is -2.06. The first-order valence-electron chi connectivity index (χ1n) is 4.05. The van der Waals surface area contributed by atoms with Gasteiger partial charge in [-0.1, -0.05) is 0 Å². The summed E-state index contributed by atoms with van der Waals surface area (Å²) in [6.07, 6.45) is 1.94. The van der Waals surface area contributed by atoms with Crippen LogP contribution in [0.4, 0.5) is 0 Å². The molecule has 68 valence electrons. The topological polar surface area (TPSA) is 34.4 Å². The van der Waals surface area contributed by atoms with Gasteiger partial charge in [-0.15, -0.1) is 0 Å². The first-order chi connectivity index (χ1) is 6.24. The van der Waals surface area contributed by atoms with E-state index < -0.39 is 0 Å². The summed E-state index contributed by atoms with van der Waals surface area (Å²) in [7, 11) is 3.48. The van der Waals surface area contributed by atoms with Gasteiger partial charge in [0.2, 0.25) is 0 Å². The molecule has 0 atom stereocenters. The molecule has 0 saturated heterocycles. The highest BCUT2D eigenvalue weighted by atomic mass is 16.5. The largest absolute Gasteiger partial charge is 0.504 e. The molecule has 0 unspecified atom stereocenters. The molecule has 3 heteroatoms. The van der Waals surface area contributed by atoms with Crippen LogP contribution in [0.15, 0.2) is 24.4 Å². The summed E-state index contributed by atoms with van der Waals surface area (Å²) in [6, 6.07) is 5.49. The fourth-order valence-electron chi connectivity index (χ4n) is 1.54. The van der Waals surface area contributed by atoms with E-state index in [4.69, 9.17) is 4.74 Å². The second-order valence-corrected chi connectivity index (χ2v) is 2.98. The van der Waals surface area contributed by atoms with E-state index in [2.05, 4.69) is 0 Å². The van der Waals surface area contributed by atoms with Gasteiger partial charge in [0, 0.05) is 18.6 Å². The molecule has 2 rings (SSSR count). The van der Waals surface area contributed by atoms with E-state index in [1.54, 1.807) is 13.2 Å². The number of benzene rings is 1. The average molecular weight is 177 g/mol. The molecule has 3 nitrogen and oxygen atoms in total. The van der Waals surface area contributed by atoms with Crippen LogP contribution in [0, 0.1) is 0 Å². The van der Waals surface area contributed by atoms with Crippen molar-refractivity contribution in [1.82, 2.24) is 4.57 Å². The van der Waals surface area contributed by atoms with Crippen LogP contribution < -0.4 is 4.74 Å². The van der Waals surface area contributed by atoms with Gasteiger partial charge in [0.05, 0.1) is 12.6 Å². The van der Waals surface area contributed by atoms with Gasteiger partial charge >= 0.3 is 0 Å². The molecule has 0 aliphatic carbocycles. The molecule has 0 amide bonds. The zero-order valence-electron chi connectivity index (χ0n) is 7.61. The maximum atomic E-state index is 9.51. The van der Waals surface area contributed by atoms with Gasteiger partial charge in [0.1, 0.15) is 0 Å². The average Bonchev–Trinajstić information content (AvgIpc) is 2.49. The molecular weight excluding hydrogens is 166 g/mol. The van der Waals surface area contributed by atoms with Crippen molar-refractivity contribution >= 4 is 10.9 Å². The van der Waals surface area contributed by atoms with Gasteiger partial charge < -0.3 is 14.4 Å². The molecule has 0 radical (unpaired) electrons. The first kappa shape index (κ1) is 7.98. The van der Waals surface area contributed by atoms with Crippen molar-refractivity contribution in [2.45, 2.75) is 0 Å². The van der Waals surface area contributed by atoms with Crippen LogP contribution in [0.5, 0.6) is 11.5 Å². The van der Waals surface area contributed by atoms with E-state index in [0.717, 1.165) is 10.9 Å². The lowest BCUT2D eigenvalue weighted by molar-refractivity contribution is 0.376. The van der Waals surface area contributed by atoms with E-state index >= 15 is 0 Å². The molecule has 1 N–H and O–H groups in total. The van der Waals surface area contributed by atoms with Crippen molar-refractivity contribution in [2.75, 3.05) is 7.11 Å². The Hall–Kier alpha value is -1.64. The monoisotopic (exact) mass is 177 g/mol. The highest BCUT2D eigenvalue weighted by Crippen LogP contribution is 2.34. The van der Waals surface area contributed by atoms with Crippen molar-refractivity contribution in [3.8, 4) is 11.5 Å². The minimum atomic E-state index is 0.178. The molecule has 0 fully saturated rings. The summed E-state index contributed by atoms with van der Waals surface area (Å²) < 4.78 is 7.05. The number of phenolic OH excluding ortho intramolecular Hbond substituents is 1. The maximum absolute atomic E-state index is 9.51. The van der Waals surface area contributed by atoms with Crippen LogP contribution in [0.1, 0.15) is 0 Å². The number of hydrogen-bond acceptors (Lipinski definition) is 2. The molecule has 0 spiro atoms. The number of aryl methyl sites for hydroxylation is 1. The number of phenols is 1. The van der Waals surface area contributed by atoms with Gasteiger partial charge in [0.15, 0.2) is 11.5 Å². The summed E-state index contributed by atoms with van der Waals surface area (Å²) in [4.78, 5) is 0. The minimum Gasteiger partial charge on any atom is -0.504 e. The Labute approximate surface area is 76.2 Å². The van der Waals surface area contributed by atoms with E-state index in [0.29, 0.717) is 5.75 Å². The third-order valence-electron chi connectivity index (χ3n) is 2.18. The lowest BCUT2D eigenvalue weighted by Crippen LogP contribution is -1.90. The van der Waals surface area contributed by atoms with E-state index in [1.165, 1.54) is 0 Å². The first-order valence-corrected chi connectivity index (χ1v) is 4.05.